The van der Waals surface area contributed by atoms with E-state index in [0.29, 0.717) is 10.8 Å². The minimum absolute atomic E-state index is 0.450. The Hall–Kier alpha value is -0.0400. The van der Waals surface area contributed by atoms with E-state index in [-0.39, 0.29) is 0 Å². The fourth-order valence-corrected chi connectivity index (χ4v) is 3.04. The van der Waals surface area contributed by atoms with Gasteiger partial charge in [-0.05, 0) is 30.1 Å². The van der Waals surface area contributed by atoms with Crippen molar-refractivity contribution >= 4 is 0 Å². The van der Waals surface area contributed by atoms with Crippen LogP contribution in [0.2, 0.25) is 0 Å². The minimum Gasteiger partial charge on any atom is -0.313 e. The quantitative estimate of drug-likeness (QED) is 0.606. The first-order chi connectivity index (χ1) is 6.02. The SMILES string of the molecule is CC(C)(C)C1CC2(CCCC2)CN1. The van der Waals surface area contributed by atoms with Crippen molar-refractivity contribution in [2.45, 2.75) is 58.9 Å². The molecule has 0 bridgehead atoms. The van der Waals surface area contributed by atoms with E-state index in [2.05, 4.69) is 26.1 Å². The lowest BCUT2D eigenvalue weighted by Crippen LogP contribution is -2.34. The Kier molecular flexibility index (Phi) is 2.18. The predicted octanol–water partition coefficient (Wildman–Crippen LogP) is 2.95. The lowest BCUT2D eigenvalue weighted by atomic mass is 9.77. The topological polar surface area (TPSA) is 12.0 Å². The zero-order valence-electron chi connectivity index (χ0n) is 9.32. The second-order valence-corrected chi connectivity index (χ2v) is 6.21. The highest BCUT2D eigenvalue weighted by atomic mass is 15.0. The second-order valence-electron chi connectivity index (χ2n) is 6.21. The van der Waals surface area contributed by atoms with Crippen molar-refractivity contribution in [3.63, 3.8) is 0 Å². The highest BCUT2D eigenvalue weighted by Crippen LogP contribution is 2.47. The van der Waals surface area contributed by atoms with Crippen molar-refractivity contribution in [2.24, 2.45) is 10.8 Å². The first kappa shape index (κ1) is 9.51. The Labute approximate surface area is 82.3 Å². The molecule has 2 rings (SSSR count). The maximum atomic E-state index is 3.73. The van der Waals surface area contributed by atoms with Gasteiger partial charge in [-0.25, -0.2) is 0 Å². The molecule has 0 aromatic carbocycles. The monoisotopic (exact) mass is 181 g/mol. The molecule has 0 aromatic rings. The van der Waals surface area contributed by atoms with Gasteiger partial charge in [0.15, 0.2) is 0 Å². The average molecular weight is 181 g/mol. The summed E-state index contributed by atoms with van der Waals surface area (Å²) in [4.78, 5) is 0. The summed E-state index contributed by atoms with van der Waals surface area (Å²) in [6, 6.07) is 0.755. The van der Waals surface area contributed by atoms with Crippen LogP contribution in [0, 0.1) is 10.8 Å². The molecule has 76 valence electrons. The number of hydrogen-bond donors (Lipinski definition) is 1. The van der Waals surface area contributed by atoms with Crippen LogP contribution < -0.4 is 5.32 Å². The van der Waals surface area contributed by atoms with Crippen LogP contribution in [0.5, 0.6) is 0 Å². The Bertz CT molecular complexity index is 184. The molecular weight excluding hydrogens is 158 g/mol. The van der Waals surface area contributed by atoms with E-state index in [0.717, 1.165) is 6.04 Å². The first-order valence-corrected chi connectivity index (χ1v) is 5.75. The van der Waals surface area contributed by atoms with Gasteiger partial charge in [-0.2, -0.15) is 0 Å². The van der Waals surface area contributed by atoms with E-state index in [4.69, 9.17) is 0 Å². The fourth-order valence-electron chi connectivity index (χ4n) is 3.04. The third kappa shape index (κ3) is 1.76. The number of hydrogen-bond acceptors (Lipinski definition) is 1. The van der Waals surface area contributed by atoms with E-state index in [9.17, 15) is 0 Å². The molecule has 1 heteroatoms. The molecule has 0 aromatic heterocycles. The Morgan fingerprint density at radius 3 is 2.23 bits per heavy atom. The van der Waals surface area contributed by atoms with Crippen LogP contribution in [0.25, 0.3) is 0 Å². The Balaban J connectivity index is 2.01. The molecule has 0 radical (unpaired) electrons. The van der Waals surface area contributed by atoms with E-state index >= 15 is 0 Å². The maximum absolute atomic E-state index is 3.73. The van der Waals surface area contributed by atoms with Gasteiger partial charge in [0.2, 0.25) is 0 Å². The van der Waals surface area contributed by atoms with Crippen LogP contribution in [0.4, 0.5) is 0 Å². The molecule has 13 heavy (non-hydrogen) atoms. The zero-order valence-corrected chi connectivity index (χ0v) is 9.32. The summed E-state index contributed by atoms with van der Waals surface area (Å²) < 4.78 is 0. The lowest BCUT2D eigenvalue weighted by Gasteiger charge is -2.28. The Morgan fingerprint density at radius 1 is 1.15 bits per heavy atom. The summed E-state index contributed by atoms with van der Waals surface area (Å²) in [6.45, 7) is 8.37. The summed E-state index contributed by atoms with van der Waals surface area (Å²) in [7, 11) is 0. The normalized spacial score (nSPS) is 33.0. The van der Waals surface area contributed by atoms with Crippen LogP contribution >= 0.6 is 0 Å². The third-order valence-electron chi connectivity index (χ3n) is 4.07. The zero-order chi connectivity index (χ0) is 9.53. The van der Waals surface area contributed by atoms with E-state index in [1.807, 2.05) is 0 Å². The van der Waals surface area contributed by atoms with Crippen LogP contribution in [-0.2, 0) is 0 Å². The number of nitrogens with one attached hydrogen (secondary N) is 1. The molecule has 1 saturated heterocycles. The summed E-state index contributed by atoms with van der Waals surface area (Å²) in [6.07, 6.45) is 7.33. The van der Waals surface area contributed by atoms with Crippen molar-refractivity contribution in [1.82, 2.24) is 5.32 Å². The van der Waals surface area contributed by atoms with E-state index in [1.165, 1.54) is 38.6 Å². The first-order valence-electron chi connectivity index (χ1n) is 5.75. The van der Waals surface area contributed by atoms with Gasteiger partial charge in [0.25, 0.3) is 0 Å². The summed E-state index contributed by atoms with van der Waals surface area (Å²) in [5.41, 5.74) is 1.16. The maximum Gasteiger partial charge on any atom is 0.0122 e. The standard InChI is InChI=1S/C12H23N/c1-11(2,3)10-8-12(9-13-10)6-4-5-7-12/h10,13H,4-9H2,1-3H3. The van der Waals surface area contributed by atoms with Crippen LogP contribution in [0.15, 0.2) is 0 Å². The van der Waals surface area contributed by atoms with Crippen molar-refractivity contribution in [1.29, 1.82) is 0 Å². The summed E-state index contributed by atoms with van der Waals surface area (Å²) in [5, 5.41) is 3.73. The van der Waals surface area contributed by atoms with Crippen molar-refractivity contribution in [2.75, 3.05) is 6.54 Å². The molecule has 1 saturated carbocycles. The Morgan fingerprint density at radius 2 is 1.77 bits per heavy atom. The van der Waals surface area contributed by atoms with Gasteiger partial charge in [0.1, 0.15) is 0 Å². The predicted molar refractivity (Wildman–Crippen MR) is 56.8 cm³/mol. The van der Waals surface area contributed by atoms with Gasteiger partial charge in [-0.1, -0.05) is 33.6 Å². The van der Waals surface area contributed by atoms with Crippen LogP contribution in [0.1, 0.15) is 52.9 Å². The largest absolute Gasteiger partial charge is 0.313 e. The van der Waals surface area contributed by atoms with E-state index in [1.54, 1.807) is 0 Å². The molecule has 2 aliphatic rings. The number of rotatable bonds is 0. The third-order valence-corrected chi connectivity index (χ3v) is 4.07. The van der Waals surface area contributed by atoms with Crippen LogP contribution in [0.3, 0.4) is 0 Å². The van der Waals surface area contributed by atoms with Gasteiger partial charge >= 0.3 is 0 Å². The second kappa shape index (κ2) is 2.98. The molecule has 1 spiro atoms. The molecule has 1 unspecified atom stereocenters. The molecule has 1 heterocycles. The molecule has 1 N–H and O–H groups in total. The molecule has 1 nitrogen and oxygen atoms in total. The molecule has 0 amide bonds. The molecule has 2 fully saturated rings. The van der Waals surface area contributed by atoms with Crippen LogP contribution in [-0.4, -0.2) is 12.6 Å². The van der Waals surface area contributed by atoms with Gasteiger partial charge in [0.05, 0.1) is 0 Å². The van der Waals surface area contributed by atoms with Gasteiger partial charge < -0.3 is 5.32 Å². The van der Waals surface area contributed by atoms with E-state index < -0.39 is 0 Å². The highest BCUT2D eigenvalue weighted by molar-refractivity contribution is 4.99. The van der Waals surface area contributed by atoms with Crippen molar-refractivity contribution in [3.8, 4) is 0 Å². The molecule has 1 aliphatic heterocycles. The summed E-state index contributed by atoms with van der Waals surface area (Å²) >= 11 is 0. The van der Waals surface area contributed by atoms with Gasteiger partial charge in [-0.3, -0.25) is 0 Å². The van der Waals surface area contributed by atoms with Crippen molar-refractivity contribution in [3.05, 3.63) is 0 Å². The fraction of sp³-hybridized carbons (Fsp3) is 1.00. The van der Waals surface area contributed by atoms with Crippen molar-refractivity contribution < 1.29 is 0 Å². The average Bonchev–Trinajstić information content (AvgIpc) is 2.60. The van der Waals surface area contributed by atoms with Gasteiger partial charge in [0, 0.05) is 12.6 Å². The highest BCUT2D eigenvalue weighted by Gasteiger charge is 2.44. The summed E-state index contributed by atoms with van der Waals surface area (Å²) in [5.74, 6) is 0. The van der Waals surface area contributed by atoms with Gasteiger partial charge in [-0.15, -0.1) is 0 Å². The minimum atomic E-state index is 0.450. The molecule has 1 aliphatic carbocycles. The lowest BCUT2D eigenvalue weighted by molar-refractivity contribution is 0.260. The molecule has 1 atom stereocenters. The smallest absolute Gasteiger partial charge is 0.0122 e. The molecular formula is C12H23N.